The number of likely N-dealkylation sites (N-methyl/N-ethyl adjacent to an activating group) is 1. The van der Waals surface area contributed by atoms with E-state index >= 15 is 0 Å². The standard InChI is InChI=1S/C39H53N2O7S2/c1-38(2)45-25-27-21-26(15-16-32(27)48-38)31(42)24-40-17-9-7-5-4-6-8-10-18-41(3)29-22-28(23-30(41)36-35(29)47-36)46-37(43)39(44,33-13-11-19-49-33)34-14-12-20-50-34/h11-16,19-21,28-31,35-36,40,42,44H,4-10,17-18,22-25H2,1-3H3/q+1/t28?,29?,30?,31-,35?,36?,41?/m0/s1. The number of esters is 1. The first-order valence-electron chi connectivity index (χ1n) is 18.4. The van der Waals surface area contributed by atoms with E-state index in [1.165, 1.54) is 61.2 Å². The van der Waals surface area contributed by atoms with Crippen molar-refractivity contribution in [1.29, 1.82) is 0 Å². The highest BCUT2D eigenvalue weighted by molar-refractivity contribution is 7.12. The van der Waals surface area contributed by atoms with Crippen molar-refractivity contribution in [3.05, 3.63) is 74.1 Å². The first kappa shape index (κ1) is 36.0. The number of hydrogen-bond acceptors (Lipinski definition) is 10. The molecule has 0 saturated carbocycles. The van der Waals surface area contributed by atoms with Gasteiger partial charge < -0.3 is 39.0 Å². The molecule has 272 valence electrons. The quantitative estimate of drug-likeness (QED) is 0.0634. The molecule has 50 heavy (non-hydrogen) atoms. The molecule has 0 amide bonds. The average Bonchev–Trinajstić information content (AvgIpc) is 3.40. The van der Waals surface area contributed by atoms with Crippen molar-refractivity contribution in [3.63, 3.8) is 0 Å². The van der Waals surface area contributed by atoms with Gasteiger partial charge in [0.05, 0.1) is 36.1 Å². The van der Waals surface area contributed by atoms with Crippen LogP contribution in [0.25, 0.3) is 0 Å². The third-order valence-electron chi connectivity index (χ3n) is 11.4. The third kappa shape index (κ3) is 7.43. The van der Waals surface area contributed by atoms with Crippen LogP contribution in [0.1, 0.15) is 98.6 Å². The largest absolute Gasteiger partial charge is 0.463 e. The van der Waals surface area contributed by atoms with Crippen LogP contribution in [-0.2, 0) is 31.2 Å². The lowest BCUT2D eigenvalue weighted by molar-refractivity contribution is -0.956. The minimum absolute atomic E-state index is 0.203. The predicted octanol–water partition coefficient (Wildman–Crippen LogP) is 6.41. The van der Waals surface area contributed by atoms with Gasteiger partial charge in [-0.05, 0) is 66.4 Å². The molecule has 0 aliphatic carbocycles. The number of aliphatic hydroxyl groups is 2. The smallest absolute Gasteiger partial charge is 0.349 e. The Bertz CT molecular complexity index is 1530. The van der Waals surface area contributed by atoms with Crippen LogP contribution in [0.4, 0.5) is 0 Å². The SMILES string of the molecule is CC1(C)OCc2cc([C@@H](O)CNCCCCCCCCC[N+]3(C)C4CC(OC(=O)C(O)(c5cccs5)c5cccs5)CC3C3OC34)ccc2O1. The molecule has 11 heteroatoms. The van der Waals surface area contributed by atoms with Crippen LogP contribution in [0.2, 0.25) is 0 Å². The third-order valence-corrected chi connectivity index (χ3v) is 13.4. The first-order valence-corrected chi connectivity index (χ1v) is 20.2. The molecule has 6 heterocycles. The Balaban J connectivity index is 0.778. The van der Waals surface area contributed by atoms with Gasteiger partial charge in [0, 0.05) is 38.8 Å². The molecule has 3 fully saturated rings. The highest BCUT2D eigenvalue weighted by atomic mass is 32.1. The summed E-state index contributed by atoms with van der Waals surface area (Å²) in [6, 6.07) is 13.9. The highest BCUT2D eigenvalue weighted by Gasteiger charge is 2.72. The molecule has 3 aromatic rings. The van der Waals surface area contributed by atoms with Gasteiger partial charge in [-0.25, -0.2) is 4.79 Å². The monoisotopic (exact) mass is 725 g/mol. The number of morpholine rings is 1. The normalized spacial score (nSPS) is 28.4. The number of carbonyl (C=O) groups excluding carboxylic acids is 1. The number of aliphatic hydroxyl groups excluding tert-OH is 1. The molecule has 2 aromatic heterocycles. The van der Waals surface area contributed by atoms with E-state index < -0.39 is 23.5 Å². The van der Waals surface area contributed by atoms with Crippen LogP contribution >= 0.6 is 22.7 Å². The maximum absolute atomic E-state index is 13.6. The number of piperidine rings is 1. The number of benzene rings is 1. The number of ether oxygens (including phenoxy) is 4. The molecule has 3 N–H and O–H groups in total. The lowest BCUT2D eigenvalue weighted by atomic mass is 9.94. The zero-order valence-electron chi connectivity index (χ0n) is 29.6. The van der Waals surface area contributed by atoms with Gasteiger partial charge in [-0.15, -0.1) is 22.7 Å². The van der Waals surface area contributed by atoms with Gasteiger partial charge in [-0.2, -0.15) is 0 Å². The van der Waals surface area contributed by atoms with Gasteiger partial charge in [0.1, 0.15) is 36.1 Å². The fourth-order valence-corrected chi connectivity index (χ4v) is 10.2. The van der Waals surface area contributed by atoms with Crippen molar-refractivity contribution in [1.82, 2.24) is 5.32 Å². The lowest BCUT2D eigenvalue weighted by Crippen LogP contribution is -2.63. The summed E-state index contributed by atoms with van der Waals surface area (Å²) in [4.78, 5) is 14.8. The second-order valence-electron chi connectivity index (χ2n) is 15.3. The molecule has 0 radical (unpaired) electrons. The molecule has 7 rings (SSSR count). The Hall–Kier alpha value is -2.35. The second-order valence-corrected chi connectivity index (χ2v) is 17.2. The summed E-state index contributed by atoms with van der Waals surface area (Å²) in [5, 5.41) is 29.6. The Kier molecular flexibility index (Phi) is 10.8. The van der Waals surface area contributed by atoms with Crippen LogP contribution < -0.4 is 10.1 Å². The van der Waals surface area contributed by atoms with Gasteiger partial charge in [0.2, 0.25) is 11.4 Å². The van der Waals surface area contributed by atoms with Crippen molar-refractivity contribution in [2.75, 3.05) is 26.7 Å². The predicted molar refractivity (Wildman–Crippen MR) is 194 cm³/mol. The van der Waals surface area contributed by atoms with E-state index in [4.69, 9.17) is 18.9 Å². The number of unbranched alkanes of at least 4 members (excludes halogenated alkanes) is 6. The van der Waals surface area contributed by atoms with E-state index in [1.807, 2.05) is 67.1 Å². The maximum Gasteiger partial charge on any atom is 0.349 e. The summed E-state index contributed by atoms with van der Waals surface area (Å²) in [6.07, 6.45) is 9.81. The molecule has 2 bridgehead atoms. The Morgan fingerprint density at radius 3 is 2.28 bits per heavy atom. The summed E-state index contributed by atoms with van der Waals surface area (Å²) in [5.41, 5.74) is 0.104. The van der Waals surface area contributed by atoms with E-state index in [1.54, 1.807) is 0 Å². The number of carbonyl (C=O) groups is 1. The Labute approximate surface area is 304 Å². The van der Waals surface area contributed by atoms with Gasteiger partial charge in [-0.3, -0.25) is 0 Å². The molecule has 5 atom stereocenters. The number of nitrogens with one attached hydrogen (secondary N) is 1. The van der Waals surface area contributed by atoms with Crippen LogP contribution in [-0.4, -0.2) is 83.5 Å². The van der Waals surface area contributed by atoms with Crippen molar-refractivity contribution in [2.24, 2.45) is 0 Å². The summed E-state index contributed by atoms with van der Waals surface area (Å²) in [6.45, 7) is 6.88. The van der Waals surface area contributed by atoms with Crippen molar-refractivity contribution >= 4 is 28.6 Å². The zero-order chi connectivity index (χ0) is 34.9. The topological polar surface area (TPSA) is 110 Å². The van der Waals surface area contributed by atoms with Crippen LogP contribution in [0.15, 0.2) is 53.2 Å². The minimum atomic E-state index is -1.76. The maximum atomic E-state index is 13.6. The van der Waals surface area contributed by atoms with E-state index in [-0.39, 0.29) is 18.3 Å². The van der Waals surface area contributed by atoms with Gasteiger partial charge in [-0.1, -0.05) is 43.9 Å². The molecule has 0 spiro atoms. The summed E-state index contributed by atoms with van der Waals surface area (Å²) >= 11 is 2.76. The first-order chi connectivity index (χ1) is 24.1. The van der Waals surface area contributed by atoms with Crippen molar-refractivity contribution in [3.8, 4) is 5.75 Å². The van der Waals surface area contributed by atoms with Crippen molar-refractivity contribution in [2.45, 2.75) is 126 Å². The van der Waals surface area contributed by atoms with E-state index in [0.717, 1.165) is 53.7 Å². The molecular formula is C39H53N2O7S2+. The molecule has 4 aliphatic rings. The average molecular weight is 726 g/mol. The van der Waals surface area contributed by atoms with E-state index in [2.05, 4.69) is 12.4 Å². The number of fused-ring (bicyclic) bond motifs is 6. The summed E-state index contributed by atoms with van der Waals surface area (Å²) < 4.78 is 24.9. The molecule has 9 nitrogen and oxygen atoms in total. The zero-order valence-corrected chi connectivity index (χ0v) is 31.2. The number of quaternary nitrogens is 1. The van der Waals surface area contributed by atoms with Crippen LogP contribution in [0, 0.1) is 0 Å². The fraction of sp³-hybridized carbons (Fsp3) is 0.615. The van der Waals surface area contributed by atoms with Crippen molar-refractivity contribution < 1.29 is 38.4 Å². The number of nitrogens with zero attached hydrogens (tertiary/aromatic N) is 1. The van der Waals surface area contributed by atoms with E-state index in [0.29, 0.717) is 35.0 Å². The molecule has 3 saturated heterocycles. The summed E-state index contributed by atoms with van der Waals surface area (Å²) in [7, 11) is 2.38. The van der Waals surface area contributed by atoms with Gasteiger partial charge in [0.15, 0.2) is 0 Å². The number of rotatable bonds is 17. The number of thiophene rings is 2. The fourth-order valence-electron chi connectivity index (χ4n) is 8.52. The number of hydrogen-bond donors (Lipinski definition) is 3. The second kappa shape index (κ2) is 14.9. The molecular weight excluding hydrogens is 673 g/mol. The summed E-state index contributed by atoms with van der Waals surface area (Å²) in [5.74, 6) is -0.350. The Morgan fingerprint density at radius 2 is 1.64 bits per heavy atom. The van der Waals surface area contributed by atoms with Crippen LogP contribution in [0.5, 0.6) is 5.75 Å². The minimum Gasteiger partial charge on any atom is -0.463 e. The Morgan fingerprint density at radius 1 is 1.00 bits per heavy atom. The lowest BCUT2D eigenvalue weighted by Gasteiger charge is -2.48. The molecule has 1 aromatic carbocycles. The van der Waals surface area contributed by atoms with Gasteiger partial charge in [0.25, 0.3) is 0 Å². The highest BCUT2D eigenvalue weighted by Crippen LogP contribution is 2.53. The van der Waals surface area contributed by atoms with E-state index in [9.17, 15) is 15.0 Å². The molecule has 4 aliphatic heterocycles. The number of epoxide rings is 1. The van der Waals surface area contributed by atoms with Crippen LogP contribution in [0.3, 0.4) is 0 Å². The van der Waals surface area contributed by atoms with Gasteiger partial charge >= 0.3 is 5.97 Å². The molecule has 4 unspecified atom stereocenters.